The van der Waals surface area contributed by atoms with Crippen molar-refractivity contribution in [2.75, 3.05) is 80.3 Å². The van der Waals surface area contributed by atoms with E-state index in [1.807, 2.05) is 97.3 Å². The molecule has 3 N–H and O–H groups in total. The van der Waals surface area contributed by atoms with Gasteiger partial charge in [0.1, 0.15) is 23.1 Å². The SMILES string of the molecule is CC[C@H]1C[C@H]2CCN(C(=O)OC(C)(C)C)[C@H]2CN1.CC[C@H]1C[C@H]2CCN(c3cc(C#N)ccn3)[C@H]2CN1C(=O)c1ccccc1-n1nccn1.N#Cc1ccnc(N2CC[C@@H]3C[C@@H](CO)N(C(=O)c4ccccc4-n4nccn4)C[C@@H]32)c1.N#Cc1ccnc(N2CC[C@@H]3C[C@H](CO)N(C(=O)c4ccccc4-n4nccn4)C[C@@H]32)c1.O=C=O.O=C=O. The smallest absolute Gasteiger partial charge is 0.410 e. The summed E-state index contributed by atoms with van der Waals surface area (Å²) in [5.74, 6) is 3.91. The highest BCUT2D eigenvalue weighted by molar-refractivity contribution is 5.99. The van der Waals surface area contributed by atoms with Gasteiger partial charge in [-0.2, -0.15) is 79.9 Å². The van der Waals surface area contributed by atoms with Crippen molar-refractivity contribution in [2.24, 2.45) is 23.7 Å². The predicted molar refractivity (Wildman–Crippen MR) is 433 cm³/mol. The monoisotopic (exact) mass is 1630 g/mol. The third kappa shape index (κ3) is 19.8. The lowest BCUT2D eigenvalue weighted by Gasteiger charge is -2.44. The van der Waals surface area contributed by atoms with Crippen molar-refractivity contribution < 1.29 is 53.3 Å². The first-order valence-electron chi connectivity index (χ1n) is 40.4. The molecule has 34 heteroatoms. The van der Waals surface area contributed by atoms with E-state index in [9.17, 15) is 45.2 Å². The van der Waals surface area contributed by atoms with Crippen LogP contribution < -0.4 is 20.0 Å². The molecule has 0 unspecified atom stereocenters. The quantitative estimate of drug-likeness (QED) is 0.100. The van der Waals surface area contributed by atoms with Crippen molar-refractivity contribution in [2.45, 2.75) is 153 Å². The number of rotatable bonds is 13. The molecule has 3 aromatic carbocycles. The molecule has 120 heavy (non-hydrogen) atoms. The molecular formula is C86H97N23O11. The second-order valence-corrected chi connectivity index (χ2v) is 31.5. The summed E-state index contributed by atoms with van der Waals surface area (Å²) < 4.78 is 5.48. The Hall–Kier alpha value is -13.3. The minimum absolute atomic E-state index is 0.00813. The summed E-state index contributed by atoms with van der Waals surface area (Å²) in [7, 11) is 0. The molecule has 8 aliphatic heterocycles. The molecule has 8 fully saturated rings. The van der Waals surface area contributed by atoms with Gasteiger partial charge in [0.15, 0.2) is 0 Å². The van der Waals surface area contributed by atoms with Gasteiger partial charge in [-0.25, -0.2) is 19.7 Å². The highest BCUT2D eigenvalue weighted by Gasteiger charge is 2.49. The maximum atomic E-state index is 13.8. The zero-order valence-corrected chi connectivity index (χ0v) is 67.6. The third-order valence-electron chi connectivity index (χ3n) is 23.8. The first-order chi connectivity index (χ1) is 58.3. The molecule has 14 heterocycles. The molecule has 0 aliphatic carbocycles. The second kappa shape index (κ2) is 40.2. The van der Waals surface area contributed by atoms with Crippen LogP contribution in [0.15, 0.2) is 165 Å². The van der Waals surface area contributed by atoms with Crippen LogP contribution in [0.1, 0.15) is 147 Å². The molecule has 4 amide bonds. The fraction of sp³-hybridized carbons (Fsp3) is 0.442. The number of pyridine rings is 3. The topological polar surface area (TPSA) is 423 Å². The average molecular weight is 1630 g/mol. The van der Waals surface area contributed by atoms with Crippen molar-refractivity contribution in [3.8, 4) is 35.3 Å². The lowest BCUT2D eigenvalue weighted by molar-refractivity contribution is -0.193. The van der Waals surface area contributed by atoms with Crippen LogP contribution in [0.3, 0.4) is 0 Å². The highest BCUT2D eigenvalue weighted by Crippen LogP contribution is 2.42. The fourth-order valence-electron chi connectivity index (χ4n) is 18.1. The van der Waals surface area contributed by atoms with Gasteiger partial charge in [-0.15, -0.1) is 0 Å². The third-order valence-corrected chi connectivity index (χ3v) is 23.8. The highest BCUT2D eigenvalue weighted by atomic mass is 16.6. The predicted octanol–water partition coefficient (Wildman–Crippen LogP) is 7.54. The molecule has 0 radical (unpaired) electrons. The van der Waals surface area contributed by atoms with Crippen molar-refractivity contribution in [3.63, 3.8) is 0 Å². The minimum Gasteiger partial charge on any atom is -0.444 e. The van der Waals surface area contributed by atoms with Crippen molar-refractivity contribution in [3.05, 3.63) is 198 Å². The number of fused-ring (bicyclic) bond motifs is 4. The number of nitrogens with one attached hydrogen (secondary N) is 1. The number of aliphatic hydroxyl groups excluding tert-OH is 2. The summed E-state index contributed by atoms with van der Waals surface area (Å²) >= 11 is 0. The van der Waals surface area contributed by atoms with E-state index in [-0.39, 0.29) is 85.6 Å². The van der Waals surface area contributed by atoms with Crippen LogP contribution >= 0.6 is 0 Å². The van der Waals surface area contributed by atoms with Crippen LogP contribution in [0.2, 0.25) is 0 Å². The number of benzene rings is 3. The van der Waals surface area contributed by atoms with E-state index in [0.29, 0.717) is 106 Å². The lowest BCUT2D eigenvalue weighted by Crippen LogP contribution is -2.56. The molecule has 6 aromatic heterocycles. The number of carbonyl (C=O) groups excluding carboxylic acids is 8. The maximum Gasteiger partial charge on any atom is 0.410 e. The van der Waals surface area contributed by atoms with E-state index in [2.05, 4.69) is 97.6 Å². The Morgan fingerprint density at radius 2 is 0.767 bits per heavy atom. The van der Waals surface area contributed by atoms with E-state index in [1.54, 1.807) is 108 Å². The number of amides is 4. The van der Waals surface area contributed by atoms with Crippen LogP contribution in [0.4, 0.5) is 22.2 Å². The first kappa shape index (κ1) is 86.1. The molecule has 0 saturated carbocycles. The Kier molecular flexibility index (Phi) is 28.9. The van der Waals surface area contributed by atoms with Crippen LogP contribution in [0, 0.1) is 57.7 Å². The van der Waals surface area contributed by atoms with Gasteiger partial charge in [-0.1, -0.05) is 50.2 Å². The van der Waals surface area contributed by atoms with Crippen molar-refractivity contribution >= 4 is 53.6 Å². The van der Waals surface area contributed by atoms with Gasteiger partial charge in [0, 0.05) is 83.0 Å². The number of nitrogens with zero attached hydrogens (tertiary/aromatic N) is 22. The molecular weight excluding hydrogens is 1530 g/mol. The number of aromatic nitrogens is 12. The summed E-state index contributed by atoms with van der Waals surface area (Å²) in [5, 5.41) is 76.7. The van der Waals surface area contributed by atoms with Gasteiger partial charge in [0.2, 0.25) is 0 Å². The molecule has 0 bridgehead atoms. The van der Waals surface area contributed by atoms with Gasteiger partial charge in [-0.05, 0) is 181 Å². The number of nitriles is 3. The molecule has 12 atom stereocenters. The molecule has 8 aliphatic rings. The number of carbonyl (C=O) groups is 4. The Bertz CT molecular complexity index is 4720. The summed E-state index contributed by atoms with van der Waals surface area (Å²) in [6.07, 6.45) is 24.7. The zero-order chi connectivity index (χ0) is 85.0. The van der Waals surface area contributed by atoms with E-state index in [4.69, 9.17) is 23.9 Å². The first-order valence-corrected chi connectivity index (χ1v) is 40.4. The molecule has 34 nitrogen and oxygen atoms in total. The van der Waals surface area contributed by atoms with E-state index in [1.165, 1.54) is 27.2 Å². The second-order valence-electron chi connectivity index (χ2n) is 31.5. The maximum absolute atomic E-state index is 13.8. The number of aliphatic hydroxyl groups is 2. The van der Waals surface area contributed by atoms with E-state index >= 15 is 0 Å². The van der Waals surface area contributed by atoms with Crippen molar-refractivity contribution in [1.82, 2.24) is 84.8 Å². The van der Waals surface area contributed by atoms with Crippen LogP contribution in [0.5, 0.6) is 0 Å². The van der Waals surface area contributed by atoms with Gasteiger partial charge in [0.05, 0.1) is 155 Å². The van der Waals surface area contributed by atoms with Crippen LogP contribution in [-0.2, 0) is 23.9 Å². The van der Waals surface area contributed by atoms with Crippen LogP contribution in [-0.4, -0.2) is 245 Å². The molecule has 9 aromatic rings. The Morgan fingerprint density at radius 1 is 0.442 bits per heavy atom. The number of hydrogen-bond donors (Lipinski definition) is 3. The molecule has 622 valence electrons. The molecule has 17 rings (SSSR count). The summed E-state index contributed by atoms with van der Waals surface area (Å²) in [4.78, 5) is 118. The fourth-order valence-corrected chi connectivity index (χ4v) is 18.1. The van der Waals surface area contributed by atoms with E-state index in [0.717, 1.165) is 102 Å². The largest absolute Gasteiger partial charge is 0.444 e. The molecule has 0 spiro atoms. The number of anilines is 3. The minimum atomic E-state index is -0.400. The number of para-hydroxylation sites is 3. The zero-order valence-electron chi connectivity index (χ0n) is 67.6. The lowest BCUT2D eigenvalue weighted by atomic mass is 9.85. The number of likely N-dealkylation sites (tertiary alicyclic amines) is 4. The number of hydrogen-bond acceptors (Lipinski definition) is 27. The van der Waals surface area contributed by atoms with Gasteiger partial charge < -0.3 is 54.6 Å². The normalized spacial score (nSPS) is 22.9. The van der Waals surface area contributed by atoms with E-state index < -0.39 is 5.60 Å². The summed E-state index contributed by atoms with van der Waals surface area (Å²) in [5.41, 5.74) is 4.83. The van der Waals surface area contributed by atoms with Crippen LogP contribution in [0.25, 0.3) is 17.1 Å². The Labute approximate surface area is 694 Å². The van der Waals surface area contributed by atoms with Gasteiger partial charge >= 0.3 is 18.4 Å². The van der Waals surface area contributed by atoms with Crippen molar-refractivity contribution in [1.29, 1.82) is 15.8 Å². The Morgan fingerprint density at radius 3 is 1.09 bits per heavy atom. The average Bonchev–Trinajstić information content (AvgIpc) is 1.54. The number of ether oxygens (including phenoxy) is 1. The number of piperidine rings is 4. The Balaban J connectivity index is 0.000000146. The summed E-state index contributed by atoms with van der Waals surface area (Å²) in [6, 6.07) is 40.1. The van der Waals surface area contributed by atoms with Gasteiger partial charge in [-0.3, -0.25) is 14.4 Å². The van der Waals surface area contributed by atoms with Gasteiger partial charge in [0.25, 0.3) is 17.7 Å². The molecule has 8 saturated heterocycles. The summed E-state index contributed by atoms with van der Waals surface area (Å²) in [6.45, 7) is 15.8. The standard InChI is InChI=1S/C24H25N7O.2C23H23N7O2.C14H26N2O2.2CO2/c1-2-19-14-18-8-12-29(23-13-17(15-25)7-9-26-23)22(18)16-30(19)24(32)20-5-3-4-6-21(20)31-27-10-11-28-31;2*24-13-16-5-7-25-22(11-16)28-10-6-17-12-18(15-31)29(14-21(17)28)23(32)19-3-1-2-4-20(19)30-26-8-9-27-30;1-5-11-8-10-6-7-16(12(10)9-15-11)13(17)18-14(2,3)4;2*2-1-3/h3-7,9-11,13,18-19,22H,2,8,12,14,16H2,1H3;2*1-5,7-9,11,17-18,21,31H,6,10,12,14-15H2;10-12,15H,5-9H2,1-4H3;;/t18-,19+,22+;17-,18+,21+;17-,18-,21+;10-,11+,12+;;/m1111../s1.